The van der Waals surface area contributed by atoms with E-state index in [4.69, 9.17) is 0 Å². The van der Waals surface area contributed by atoms with Crippen molar-refractivity contribution in [3.05, 3.63) is 34.9 Å². The van der Waals surface area contributed by atoms with Gasteiger partial charge in [-0.15, -0.1) is 0 Å². The number of benzene rings is 1. The second-order valence-electron chi connectivity index (χ2n) is 6.33. The summed E-state index contributed by atoms with van der Waals surface area (Å²) in [6.45, 7) is 0.0585. The molecule has 0 heterocycles. The molecule has 1 amide bonds. The summed E-state index contributed by atoms with van der Waals surface area (Å²) in [6.07, 6.45) is 7.98. The summed E-state index contributed by atoms with van der Waals surface area (Å²) in [5.74, 6) is 0.0406. The van der Waals surface area contributed by atoms with Gasteiger partial charge in [0.15, 0.2) is 0 Å². The third-order valence-corrected chi connectivity index (χ3v) is 4.80. The van der Waals surface area contributed by atoms with E-state index in [-0.39, 0.29) is 18.1 Å². The van der Waals surface area contributed by atoms with Crippen LogP contribution in [0.3, 0.4) is 0 Å². The van der Waals surface area contributed by atoms with E-state index in [1.54, 1.807) is 0 Å². The van der Waals surface area contributed by atoms with Gasteiger partial charge in [0.2, 0.25) is 5.91 Å². The molecule has 2 aliphatic carbocycles. The number of rotatable bonds is 4. The zero-order valence-corrected chi connectivity index (χ0v) is 12.0. The van der Waals surface area contributed by atoms with Crippen LogP contribution in [0.2, 0.25) is 0 Å². The summed E-state index contributed by atoms with van der Waals surface area (Å²) in [6, 6.07) is 6.43. The van der Waals surface area contributed by atoms with Crippen LogP contribution in [-0.4, -0.2) is 23.2 Å². The van der Waals surface area contributed by atoms with Crippen LogP contribution in [0.5, 0.6) is 0 Å². The minimum Gasteiger partial charge on any atom is -0.394 e. The van der Waals surface area contributed by atoms with Gasteiger partial charge in [-0.2, -0.15) is 0 Å². The molecular formula is C17H23NO2. The third-order valence-electron chi connectivity index (χ3n) is 4.80. The van der Waals surface area contributed by atoms with Gasteiger partial charge in [-0.25, -0.2) is 0 Å². The van der Waals surface area contributed by atoms with Crippen molar-refractivity contribution in [2.75, 3.05) is 6.61 Å². The monoisotopic (exact) mass is 273 g/mol. The number of aliphatic hydroxyl groups is 1. The van der Waals surface area contributed by atoms with Gasteiger partial charge in [-0.1, -0.05) is 31.0 Å². The van der Waals surface area contributed by atoms with Gasteiger partial charge >= 0.3 is 0 Å². The topological polar surface area (TPSA) is 49.3 Å². The molecule has 2 aliphatic rings. The molecule has 1 aromatic carbocycles. The van der Waals surface area contributed by atoms with Gasteiger partial charge in [0.25, 0.3) is 0 Å². The Bertz CT molecular complexity index is 504. The van der Waals surface area contributed by atoms with E-state index in [1.807, 2.05) is 0 Å². The van der Waals surface area contributed by atoms with Crippen molar-refractivity contribution >= 4 is 5.91 Å². The number of hydrogen-bond acceptors (Lipinski definition) is 2. The molecule has 0 radical (unpaired) electrons. The molecule has 0 bridgehead atoms. The second-order valence-corrected chi connectivity index (χ2v) is 6.33. The number of hydrogen-bond donors (Lipinski definition) is 2. The third kappa shape index (κ3) is 2.73. The molecule has 2 N–H and O–H groups in total. The van der Waals surface area contributed by atoms with Crippen LogP contribution in [0, 0.1) is 0 Å². The predicted molar refractivity (Wildman–Crippen MR) is 78.6 cm³/mol. The first kappa shape index (κ1) is 13.6. The lowest BCUT2D eigenvalue weighted by molar-refractivity contribution is -0.122. The Kier molecular flexibility index (Phi) is 3.79. The molecule has 3 rings (SSSR count). The van der Waals surface area contributed by atoms with Crippen LogP contribution < -0.4 is 5.32 Å². The molecule has 0 aliphatic heterocycles. The summed E-state index contributed by atoms with van der Waals surface area (Å²) in [5.41, 5.74) is 3.59. The van der Waals surface area contributed by atoms with Crippen LogP contribution in [0.25, 0.3) is 0 Å². The Morgan fingerprint density at radius 2 is 1.90 bits per heavy atom. The van der Waals surface area contributed by atoms with Crippen LogP contribution in [0.1, 0.15) is 48.8 Å². The Morgan fingerprint density at radius 1 is 1.15 bits per heavy atom. The van der Waals surface area contributed by atoms with Gasteiger partial charge in [-0.05, 0) is 48.8 Å². The van der Waals surface area contributed by atoms with Crippen molar-refractivity contribution in [3.8, 4) is 0 Å². The van der Waals surface area contributed by atoms with Gasteiger partial charge in [-0.3, -0.25) is 4.79 Å². The molecule has 0 unspecified atom stereocenters. The van der Waals surface area contributed by atoms with E-state index in [9.17, 15) is 9.90 Å². The highest BCUT2D eigenvalue weighted by Crippen LogP contribution is 2.29. The average Bonchev–Trinajstić information content (AvgIpc) is 3.07. The van der Waals surface area contributed by atoms with Crippen LogP contribution >= 0.6 is 0 Å². The minimum atomic E-state index is -0.353. The molecule has 1 saturated carbocycles. The number of nitrogens with one attached hydrogen (secondary N) is 1. The quantitative estimate of drug-likeness (QED) is 0.883. The maximum absolute atomic E-state index is 12.2. The highest BCUT2D eigenvalue weighted by Gasteiger charge is 2.34. The lowest BCUT2D eigenvalue weighted by Crippen LogP contribution is -2.49. The normalized spacial score (nSPS) is 19.9. The van der Waals surface area contributed by atoms with Crippen LogP contribution in [0.4, 0.5) is 0 Å². The average molecular weight is 273 g/mol. The Balaban J connectivity index is 1.64. The van der Waals surface area contributed by atoms with Crippen molar-refractivity contribution in [2.45, 2.75) is 56.9 Å². The van der Waals surface area contributed by atoms with Crippen molar-refractivity contribution in [2.24, 2.45) is 0 Å². The molecule has 0 aromatic heterocycles. The molecule has 0 spiro atoms. The van der Waals surface area contributed by atoms with Gasteiger partial charge in [0.05, 0.1) is 18.6 Å². The SMILES string of the molecule is O=C(Cc1ccc2c(c1)CCC2)NC1(CO)CCCC1. The molecule has 20 heavy (non-hydrogen) atoms. The lowest BCUT2D eigenvalue weighted by Gasteiger charge is -2.28. The van der Waals surface area contributed by atoms with E-state index >= 15 is 0 Å². The van der Waals surface area contributed by atoms with E-state index < -0.39 is 0 Å². The molecule has 0 atom stereocenters. The van der Waals surface area contributed by atoms with E-state index in [1.165, 1.54) is 24.0 Å². The fraction of sp³-hybridized carbons (Fsp3) is 0.588. The van der Waals surface area contributed by atoms with E-state index in [2.05, 4.69) is 23.5 Å². The van der Waals surface area contributed by atoms with Crippen LogP contribution in [-0.2, 0) is 24.1 Å². The minimum absolute atomic E-state index is 0.0406. The van der Waals surface area contributed by atoms with Crippen molar-refractivity contribution in [1.82, 2.24) is 5.32 Å². The highest BCUT2D eigenvalue weighted by atomic mass is 16.3. The lowest BCUT2D eigenvalue weighted by atomic mass is 9.98. The first-order chi connectivity index (χ1) is 9.71. The van der Waals surface area contributed by atoms with Crippen molar-refractivity contribution in [3.63, 3.8) is 0 Å². The van der Waals surface area contributed by atoms with Gasteiger partial charge < -0.3 is 10.4 Å². The maximum Gasteiger partial charge on any atom is 0.224 e. The summed E-state index contributed by atoms with van der Waals surface area (Å²) >= 11 is 0. The Morgan fingerprint density at radius 3 is 2.65 bits per heavy atom. The maximum atomic E-state index is 12.2. The highest BCUT2D eigenvalue weighted by molar-refractivity contribution is 5.79. The molecule has 0 saturated heterocycles. The number of carbonyl (C=O) groups is 1. The first-order valence-corrected chi connectivity index (χ1v) is 7.73. The predicted octanol–water partition coefficient (Wildman–Crippen LogP) is 2.14. The first-order valence-electron chi connectivity index (χ1n) is 7.73. The van der Waals surface area contributed by atoms with Gasteiger partial charge in [0, 0.05) is 0 Å². The number of carbonyl (C=O) groups excluding carboxylic acids is 1. The molecule has 3 heteroatoms. The summed E-state index contributed by atoms with van der Waals surface area (Å²) < 4.78 is 0. The largest absolute Gasteiger partial charge is 0.394 e. The molecule has 1 aromatic rings. The summed E-state index contributed by atoms with van der Waals surface area (Å²) in [5, 5.41) is 12.6. The van der Waals surface area contributed by atoms with Crippen LogP contribution in [0.15, 0.2) is 18.2 Å². The second kappa shape index (κ2) is 5.57. The summed E-state index contributed by atoms with van der Waals surface area (Å²) in [4.78, 5) is 12.2. The standard InChI is InChI=1S/C17H23NO2/c19-12-17(8-1-2-9-17)18-16(20)11-13-6-7-14-4-3-5-15(14)10-13/h6-7,10,19H,1-5,8-9,11-12H2,(H,18,20). The number of amides is 1. The zero-order chi connectivity index (χ0) is 14.0. The number of fused-ring (bicyclic) bond motifs is 1. The molecule has 1 fully saturated rings. The van der Waals surface area contributed by atoms with E-state index in [0.29, 0.717) is 6.42 Å². The molecular weight excluding hydrogens is 250 g/mol. The molecule has 3 nitrogen and oxygen atoms in total. The summed E-state index contributed by atoms with van der Waals surface area (Å²) in [7, 11) is 0. The number of aliphatic hydroxyl groups excluding tert-OH is 1. The number of aryl methyl sites for hydroxylation is 2. The Labute approximate surface area is 120 Å². The fourth-order valence-corrected chi connectivity index (χ4v) is 3.63. The van der Waals surface area contributed by atoms with Gasteiger partial charge in [0.1, 0.15) is 0 Å². The zero-order valence-electron chi connectivity index (χ0n) is 12.0. The molecule has 108 valence electrons. The Hall–Kier alpha value is -1.35. The fourth-order valence-electron chi connectivity index (χ4n) is 3.63. The van der Waals surface area contributed by atoms with E-state index in [0.717, 1.165) is 37.7 Å². The van der Waals surface area contributed by atoms with Crippen molar-refractivity contribution < 1.29 is 9.90 Å². The smallest absolute Gasteiger partial charge is 0.224 e. The van der Waals surface area contributed by atoms with Crippen molar-refractivity contribution in [1.29, 1.82) is 0 Å².